The van der Waals surface area contributed by atoms with Crippen molar-refractivity contribution in [3.63, 3.8) is 0 Å². The van der Waals surface area contributed by atoms with E-state index in [1.54, 1.807) is 19.3 Å². The van der Waals surface area contributed by atoms with E-state index >= 15 is 0 Å². The minimum Gasteiger partial charge on any atom is -0.343 e. The van der Waals surface area contributed by atoms with Crippen molar-refractivity contribution in [2.75, 3.05) is 25.0 Å². The lowest BCUT2D eigenvalue weighted by Crippen LogP contribution is -2.55. The van der Waals surface area contributed by atoms with E-state index in [2.05, 4.69) is 20.5 Å². The first-order valence-corrected chi connectivity index (χ1v) is 13.8. The van der Waals surface area contributed by atoms with Gasteiger partial charge in [-0.05, 0) is 87.4 Å². The van der Waals surface area contributed by atoms with E-state index in [1.165, 1.54) is 12.5 Å². The molecule has 7 nitrogen and oxygen atoms in total. The summed E-state index contributed by atoms with van der Waals surface area (Å²) in [5, 5.41) is 6.10. The Labute approximate surface area is 218 Å². The van der Waals surface area contributed by atoms with Gasteiger partial charge in [-0.15, -0.1) is 0 Å². The largest absolute Gasteiger partial charge is 0.343 e. The Kier molecular flexibility index (Phi) is 7.74. The van der Waals surface area contributed by atoms with Crippen molar-refractivity contribution < 1.29 is 14.0 Å². The van der Waals surface area contributed by atoms with Crippen molar-refractivity contribution in [3.8, 4) is 0 Å². The molecule has 2 fully saturated rings. The number of rotatable bonds is 7. The van der Waals surface area contributed by atoms with Crippen LogP contribution < -0.4 is 15.5 Å². The summed E-state index contributed by atoms with van der Waals surface area (Å²) in [6, 6.07) is 8.04. The van der Waals surface area contributed by atoms with E-state index in [-0.39, 0.29) is 35.6 Å². The smallest absolute Gasteiger partial charge is 0.245 e. The summed E-state index contributed by atoms with van der Waals surface area (Å²) in [7, 11) is 1.76. The van der Waals surface area contributed by atoms with Crippen LogP contribution >= 0.6 is 0 Å². The molecule has 1 aromatic heterocycles. The molecule has 2 N–H and O–H groups in total. The lowest BCUT2D eigenvalue weighted by molar-refractivity contribution is -0.139. The summed E-state index contributed by atoms with van der Waals surface area (Å²) >= 11 is 0. The highest BCUT2D eigenvalue weighted by molar-refractivity contribution is 5.90. The minimum atomic E-state index is -0.501. The van der Waals surface area contributed by atoms with Crippen LogP contribution in [0.15, 0.2) is 36.5 Å². The van der Waals surface area contributed by atoms with Crippen LogP contribution in [0.25, 0.3) is 0 Å². The summed E-state index contributed by atoms with van der Waals surface area (Å²) in [4.78, 5) is 35.5. The molecule has 0 spiro atoms. The molecule has 5 rings (SSSR count). The Balaban J connectivity index is 1.39. The van der Waals surface area contributed by atoms with Gasteiger partial charge in [0.2, 0.25) is 11.8 Å². The summed E-state index contributed by atoms with van der Waals surface area (Å²) in [5.41, 5.74) is 3.02. The number of nitrogens with one attached hydrogen (secondary N) is 2. The molecule has 2 unspecified atom stereocenters. The van der Waals surface area contributed by atoms with Gasteiger partial charge in [0.25, 0.3) is 0 Å². The van der Waals surface area contributed by atoms with Crippen molar-refractivity contribution in [1.82, 2.24) is 20.5 Å². The second kappa shape index (κ2) is 11.2. The average molecular weight is 508 g/mol. The number of nitrogens with zero attached hydrogens (tertiary/aromatic N) is 3. The van der Waals surface area contributed by atoms with Crippen molar-refractivity contribution in [2.24, 2.45) is 5.92 Å². The molecule has 1 saturated carbocycles. The zero-order valence-electron chi connectivity index (χ0n) is 21.9. The maximum absolute atomic E-state index is 14.0. The van der Waals surface area contributed by atoms with E-state index in [0.29, 0.717) is 6.54 Å². The molecular formula is C29H38FN5O2. The first-order chi connectivity index (χ1) is 18.0. The summed E-state index contributed by atoms with van der Waals surface area (Å²) in [5.74, 6) is 0.588. The van der Waals surface area contributed by atoms with Crippen LogP contribution in [0.4, 0.5) is 15.9 Å². The summed E-state index contributed by atoms with van der Waals surface area (Å²) in [6.07, 6.45) is 9.75. The number of pyridine rings is 1. The SMILES string of the molecule is CNC(C)C(=O)N[C@H](C(=O)N1CCCC1c1ccnc(N2CCc3ccc(F)cc32)c1)C1CCCCC1. The third-order valence-corrected chi connectivity index (χ3v) is 8.42. The minimum absolute atomic E-state index is 0.0259. The van der Waals surface area contributed by atoms with E-state index in [4.69, 9.17) is 0 Å². The standard InChI is InChI=1S/C29H38FN5O2/c1-19(31-2)28(36)33-27(21-7-4-3-5-8-21)29(37)35-15-6-9-24(35)22-12-14-32-26(17-22)34-16-13-20-10-11-23(30)18-25(20)34/h10-12,14,17-19,21,24,27,31H,3-9,13,15-16H2,1-2H3,(H,33,36)/t19?,24?,27-/m0/s1. The number of hydrogen-bond donors (Lipinski definition) is 2. The third kappa shape index (κ3) is 5.35. The van der Waals surface area contributed by atoms with Crippen molar-refractivity contribution in [2.45, 2.75) is 76.4 Å². The second-order valence-corrected chi connectivity index (χ2v) is 10.7. The Morgan fingerprint density at radius 1 is 1.05 bits per heavy atom. The summed E-state index contributed by atoms with van der Waals surface area (Å²) < 4.78 is 14.0. The molecule has 8 heteroatoms. The molecule has 2 aromatic rings. The number of amides is 2. The van der Waals surface area contributed by atoms with Gasteiger partial charge >= 0.3 is 0 Å². The monoisotopic (exact) mass is 507 g/mol. The number of likely N-dealkylation sites (tertiary alicyclic amines) is 1. The predicted molar refractivity (Wildman–Crippen MR) is 142 cm³/mol. The molecule has 198 valence electrons. The summed E-state index contributed by atoms with van der Waals surface area (Å²) in [6.45, 7) is 3.25. The highest BCUT2D eigenvalue weighted by atomic mass is 19.1. The number of hydrogen-bond acceptors (Lipinski definition) is 5. The first kappa shape index (κ1) is 25.6. The Bertz CT molecular complexity index is 1140. The van der Waals surface area contributed by atoms with Gasteiger partial charge in [-0.3, -0.25) is 9.59 Å². The van der Waals surface area contributed by atoms with Gasteiger partial charge in [0, 0.05) is 25.0 Å². The zero-order chi connectivity index (χ0) is 25.9. The quantitative estimate of drug-likeness (QED) is 0.586. The molecule has 2 amide bonds. The van der Waals surface area contributed by atoms with Crippen LogP contribution in [0.2, 0.25) is 0 Å². The number of aromatic nitrogens is 1. The van der Waals surface area contributed by atoms with Crippen molar-refractivity contribution in [1.29, 1.82) is 0 Å². The Morgan fingerprint density at radius 2 is 1.86 bits per heavy atom. The number of anilines is 2. The molecule has 0 radical (unpaired) electrons. The van der Waals surface area contributed by atoms with Crippen LogP contribution in [0.5, 0.6) is 0 Å². The van der Waals surface area contributed by atoms with Crippen LogP contribution in [0, 0.1) is 11.7 Å². The lowest BCUT2D eigenvalue weighted by atomic mass is 9.83. The van der Waals surface area contributed by atoms with Gasteiger partial charge in [0.05, 0.1) is 12.1 Å². The molecule has 3 aliphatic rings. The predicted octanol–water partition coefficient (Wildman–Crippen LogP) is 4.25. The average Bonchev–Trinajstić information content (AvgIpc) is 3.59. The normalized spacial score (nSPS) is 21.5. The number of carbonyl (C=O) groups is 2. The van der Waals surface area contributed by atoms with E-state index in [0.717, 1.165) is 74.1 Å². The molecule has 3 heterocycles. The van der Waals surface area contributed by atoms with Gasteiger partial charge in [-0.1, -0.05) is 25.3 Å². The maximum atomic E-state index is 14.0. The topological polar surface area (TPSA) is 77.6 Å². The molecule has 0 bridgehead atoms. The highest BCUT2D eigenvalue weighted by Gasteiger charge is 2.39. The zero-order valence-corrected chi connectivity index (χ0v) is 21.9. The number of benzene rings is 1. The van der Waals surface area contributed by atoms with E-state index < -0.39 is 6.04 Å². The molecular weight excluding hydrogens is 469 g/mol. The number of halogens is 1. The molecule has 1 saturated heterocycles. The maximum Gasteiger partial charge on any atom is 0.245 e. The second-order valence-electron chi connectivity index (χ2n) is 10.7. The Hall–Kier alpha value is -3.00. The van der Waals surface area contributed by atoms with Crippen LogP contribution in [-0.2, 0) is 16.0 Å². The number of fused-ring (bicyclic) bond motifs is 1. The molecule has 1 aliphatic carbocycles. The fourth-order valence-electron chi connectivity index (χ4n) is 6.19. The molecule has 3 atom stereocenters. The fourth-order valence-corrected chi connectivity index (χ4v) is 6.19. The van der Waals surface area contributed by atoms with Crippen molar-refractivity contribution >= 4 is 23.3 Å². The third-order valence-electron chi connectivity index (χ3n) is 8.42. The number of carbonyl (C=O) groups excluding carboxylic acids is 2. The van der Waals surface area contributed by atoms with E-state index in [9.17, 15) is 14.0 Å². The number of likely N-dealkylation sites (N-methyl/N-ethyl adjacent to an activating group) is 1. The molecule has 2 aliphatic heterocycles. The van der Waals surface area contributed by atoms with Gasteiger partial charge in [-0.2, -0.15) is 0 Å². The fraction of sp³-hybridized carbons (Fsp3) is 0.552. The van der Waals surface area contributed by atoms with Gasteiger partial charge < -0.3 is 20.4 Å². The van der Waals surface area contributed by atoms with Gasteiger partial charge in [-0.25, -0.2) is 9.37 Å². The van der Waals surface area contributed by atoms with Crippen LogP contribution in [0.3, 0.4) is 0 Å². The highest BCUT2D eigenvalue weighted by Crippen LogP contribution is 2.38. The molecule has 1 aromatic carbocycles. The van der Waals surface area contributed by atoms with Crippen molar-refractivity contribution in [3.05, 3.63) is 53.5 Å². The van der Waals surface area contributed by atoms with Gasteiger partial charge in [0.15, 0.2) is 0 Å². The van der Waals surface area contributed by atoms with Gasteiger partial charge in [0.1, 0.15) is 17.7 Å². The first-order valence-electron chi connectivity index (χ1n) is 13.8. The van der Waals surface area contributed by atoms with Crippen LogP contribution in [-0.4, -0.2) is 53.9 Å². The van der Waals surface area contributed by atoms with E-state index in [1.807, 2.05) is 30.0 Å². The molecule has 37 heavy (non-hydrogen) atoms. The van der Waals surface area contributed by atoms with Crippen LogP contribution in [0.1, 0.15) is 69.0 Å². The lowest BCUT2D eigenvalue weighted by Gasteiger charge is -2.35. The Morgan fingerprint density at radius 3 is 2.65 bits per heavy atom.